The van der Waals surface area contributed by atoms with Gasteiger partial charge in [0, 0.05) is 18.9 Å². The van der Waals surface area contributed by atoms with E-state index in [9.17, 15) is 9.18 Å². The Kier molecular flexibility index (Phi) is 5.85. The average molecular weight is 329 g/mol. The zero-order valence-corrected chi connectivity index (χ0v) is 13.7. The second kappa shape index (κ2) is 7.88. The summed E-state index contributed by atoms with van der Waals surface area (Å²) in [5, 5.41) is 2.83. The highest BCUT2D eigenvalue weighted by molar-refractivity contribution is 5.78. The predicted octanol–water partition coefficient (Wildman–Crippen LogP) is 1.57. The van der Waals surface area contributed by atoms with Crippen molar-refractivity contribution in [1.82, 2.24) is 16.2 Å². The molecule has 6 atom stereocenters. The molecule has 1 amide bonds. The number of amides is 1. The minimum Gasteiger partial charge on any atom is -0.381 e. The van der Waals surface area contributed by atoms with E-state index >= 15 is 0 Å². The number of alkyl halides is 1. The minimum absolute atomic E-state index is 0.120. The summed E-state index contributed by atoms with van der Waals surface area (Å²) in [6, 6.07) is 0. The zero-order chi connectivity index (χ0) is 16.2. The molecule has 1 heterocycles. The van der Waals surface area contributed by atoms with Crippen molar-refractivity contribution >= 4 is 5.91 Å². The van der Waals surface area contributed by atoms with Gasteiger partial charge < -0.3 is 14.8 Å². The van der Waals surface area contributed by atoms with Crippen LogP contribution in [0, 0.1) is 11.8 Å². The van der Waals surface area contributed by atoms with Gasteiger partial charge in [-0.25, -0.2) is 15.2 Å². The molecule has 2 saturated carbocycles. The summed E-state index contributed by atoms with van der Waals surface area (Å²) >= 11 is 0. The molecule has 0 aromatic carbocycles. The van der Waals surface area contributed by atoms with Crippen LogP contribution in [0.3, 0.4) is 0 Å². The number of ether oxygens (including phenoxy) is 2. The van der Waals surface area contributed by atoms with Gasteiger partial charge >= 0.3 is 0 Å². The molecule has 1 aliphatic heterocycles. The maximum absolute atomic E-state index is 13.4. The normalized spacial score (nSPS) is 41.7. The molecule has 3 fully saturated rings. The van der Waals surface area contributed by atoms with Gasteiger partial charge in [0.2, 0.25) is 12.3 Å². The topological polar surface area (TPSA) is 71.6 Å². The van der Waals surface area contributed by atoms with Crippen LogP contribution >= 0.6 is 0 Å². The molecule has 3 N–H and O–H groups in total. The fraction of sp³-hybridized carbons (Fsp3) is 0.938. The maximum atomic E-state index is 13.4. The van der Waals surface area contributed by atoms with E-state index in [0.29, 0.717) is 18.8 Å². The molecular formula is C16H28FN3O3. The first-order valence-corrected chi connectivity index (χ1v) is 8.79. The highest BCUT2D eigenvalue weighted by Gasteiger charge is 2.36. The first kappa shape index (κ1) is 17.1. The molecule has 1 saturated heterocycles. The van der Waals surface area contributed by atoms with Gasteiger partial charge in [-0.2, -0.15) is 0 Å². The molecule has 2 aliphatic carbocycles. The Morgan fingerprint density at radius 2 is 2.00 bits per heavy atom. The molecule has 6 unspecified atom stereocenters. The summed E-state index contributed by atoms with van der Waals surface area (Å²) in [5.74, 6) is 0.00877. The average Bonchev–Trinajstić information content (AvgIpc) is 3.03. The molecular weight excluding hydrogens is 301 g/mol. The summed E-state index contributed by atoms with van der Waals surface area (Å²) in [4.78, 5) is 12.2. The Morgan fingerprint density at radius 1 is 1.17 bits per heavy atom. The summed E-state index contributed by atoms with van der Waals surface area (Å²) < 4.78 is 24.8. The summed E-state index contributed by atoms with van der Waals surface area (Å²) in [7, 11) is 1.75. The molecule has 3 rings (SSSR count). The van der Waals surface area contributed by atoms with Crippen molar-refractivity contribution in [2.45, 2.75) is 76.2 Å². The monoisotopic (exact) mass is 329 g/mol. The summed E-state index contributed by atoms with van der Waals surface area (Å²) in [6.07, 6.45) is 5.48. The molecule has 23 heavy (non-hydrogen) atoms. The highest BCUT2D eigenvalue weighted by Crippen LogP contribution is 2.30. The number of carbonyl (C=O) groups excluding carboxylic acids is 1. The highest BCUT2D eigenvalue weighted by atomic mass is 19.1. The van der Waals surface area contributed by atoms with Crippen LogP contribution in [0.4, 0.5) is 4.39 Å². The van der Waals surface area contributed by atoms with Crippen molar-refractivity contribution in [2.24, 2.45) is 11.8 Å². The van der Waals surface area contributed by atoms with Crippen molar-refractivity contribution in [3.8, 4) is 0 Å². The number of methoxy groups -OCH3 is 1. The predicted molar refractivity (Wildman–Crippen MR) is 82.7 cm³/mol. The van der Waals surface area contributed by atoms with Crippen LogP contribution in [0.2, 0.25) is 0 Å². The van der Waals surface area contributed by atoms with Gasteiger partial charge in [0.1, 0.15) is 12.4 Å². The van der Waals surface area contributed by atoms with E-state index in [1.165, 1.54) is 0 Å². The molecule has 6 nitrogen and oxygen atoms in total. The van der Waals surface area contributed by atoms with Crippen LogP contribution in [0.15, 0.2) is 0 Å². The van der Waals surface area contributed by atoms with Crippen molar-refractivity contribution < 1.29 is 18.7 Å². The molecule has 7 heteroatoms. The van der Waals surface area contributed by atoms with E-state index in [2.05, 4.69) is 16.2 Å². The first-order valence-electron chi connectivity index (χ1n) is 8.79. The van der Waals surface area contributed by atoms with Crippen LogP contribution in [-0.2, 0) is 14.3 Å². The fourth-order valence-electron chi connectivity index (χ4n) is 3.96. The maximum Gasteiger partial charge on any atom is 0.226 e. The summed E-state index contributed by atoms with van der Waals surface area (Å²) in [6.45, 7) is 0. The molecule has 0 aromatic rings. The second-order valence-electron chi connectivity index (χ2n) is 6.98. The van der Waals surface area contributed by atoms with Crippen LogP contribution < -0.4 is 16.2 Å². The standard InChI is InChI=1S/C16H28FN3O3/c1-22-13-7-3-5-11(9-13)15-19-20-16(23-15)18-14(21)10-4-2-6-12(17)8-10/h10-13,15-16,19-20H,2-9H2,1H3,(H,18,21). The van der Waals surface area contributed by atoms with Crippen molar-refractivity contribution in [2.75, 3.05) is 7.11 Å². The smallest absolute Gasteiger partial charge is 0.226 e. The van der Waals surface area contributed by atoms with E-state index < -0.39 is 12.5 Å². The number of hydrazine groups is 1. The number of nitrogens with one attached hydrogen (secondary N) is 3. The van der Waals surface area contributed by atoms with Crippen LogP contribution in [-0.4, -0.2) is 37.9 Å². The molecule has 3 aliphatic rings. The molecule has 0 aromatic heterocycles. The lowest BCUT2D eigenvalue weighted by molar-refractivity contribution is -0.132. The Morgan fingerprint density at radius 3 is 2.78 bits per heavy atom. The van der Waals surface area contributed by atoms with Crippen LogP contribution in [0.1, 0.15) is 51.4 Å². The van der Waals surface area contributed by atoms with Crippen LogP contribution in [0.5, 0.6) is 0 Å². The van der Waals surface area contributed by atoms with Gasteiger partial charge in [0.25, 0.3) is 0 Å². The third-order valence-corrected chi connectivity index (χ3v) is 5.32. The van der Waals surface area contributed by atoms with E-state index in [-0.39, 0.29) is 24.2 Å². The third kappa shape index (κ3) is 4.41. The minimum atomic E-state index is -0.851. The van der Waals surface area contributed by atoms with Crippen molar-refractivity contribution in [3.63, 3.8) is 0 Å². The van der Waals surface area contributed by atoms with E-state index in [0.717, 1.165) is 38.5 Å². The molecule has 132 valence electrons. The number of carbonyl (C=O) groups is 1. The van der Waals surface area contributed by atoms with Crippen molar-refractivity contribution in [1.29, 1.82) is 0 Å². The number of hydrogen-bond donors (Lipinski definition) is 3. The van der Waals surface area contributed by atoms with Crippen LogP contribution in [0.25, 0.3) is 0 Å². The fourth-order valence-corrected chi connectivity index (χ4v) is 3.96. The van der Waals surface area contributed by atoms with Gasteiger partial charge in [-0.3, -0.25) is 4.79 Å². The second-order valence-corrected chi connectivity index (χ2v) is 6.98. The van der Waals surface area contributed by atoms with E-state index in [4.69, 9.17) is 9.47 Å². The van der Waals surface area contributed by atoms with Gasteiger partial charge in [-0.15, -0.1) is 0 Å². The number of rotatable bonds is 4. The van der Waals surface area contributed by atoms with Gasteiger partial charge in [0.05, 0.1) is 6.10 Å². The van der Waals surface area contributed by atoms with E-state index in [1.807, 2.05) is 0 Å². The van der Waals surface area contributed by atoms with Gasteiger partial charge in [-0.1, -0.05) is 6.42 Å². The summed E-state index contributed by atoms with van der Waals surface area (Å²) in [5.41, 5.74) is 6.10. The van der Waals surface area contributed by atoms with E-state index in [1.54, 1.807) is 7.11 Å². The molecule has 0 bridgehead atoms. The van der Waals surface area contributed by atoms with Gasteiger partial charge in [-0.05, 0) is 44.9 Å². The van der Waals surface area contributed by atoms with Gasteiger partial charge in [0.15, 0.2) is 0 Å². The lowest BCUT2D eigenvalue weighted by atomic mass is 9.86. The zero-order valence-electron chi connectivity index (χ0n) is 13.7. The quantitative estimate of drug-likeness (QED) is 0.730. The Balaban J connectivity index is 1.45. The Hall–Kier alpha value is -0.760. The molecule has 0 spiro atoms. The SMILES string of the molecule is COC1CCCC(C2NNC(NC(=O)C3CCCC(F)C3)O2)C1. The number of halogens is 1. The Labute approximate surface area is 136 Å². The third-order valence-electron chi connectivity index (χ3n) is 5.32. The number of hydrogen-bond acceptors (Lipinski definition) is 5. The van der Waals surface area contributed by atoms with Crippen molar-refractivity contribution in [3.05, 3.63) is 0 Å². The first-order chi connectivity index (χ1) is 11.2. The largest absolute Gasteiger partial charge is 0.381 e. The molecule has 0 radical (unpaired) electrons. The lowest BCUT2D eigenvalue weighted by Crippen LogP contribution is -2.47. The lowest BCUT2D eigenvalue weighted by Gasteiger charge is -2.31. The Bertz CT molecular complexity index is 412.